The Morgan fingerprint density at radius 3 is 2.68 bits per heavy atom. The van der Waals surface area contributed by atoms with Crippen molar-refractivity contribution >= 4 is 23.7 Å². The zero-order chi connectivity index (χ0) is 14.5. The fourth-order valence-electron chi connectivity index (χ4n) is 1.89. The summed E-state index contributed by atoms with van der Waals surface area (Å²) in [7, 11) is 0. The van der Waals surface area contributed by atoms with Gasteiger partial charge in [-0.05, 0) is 32.4 Å². The van der Waals surface area contributed by atoms with Crippen LogP contribution in [0.2, 0.25) is 0 Å². The van der Waals surface area contributed by atoms with Crippen molar-refractivity contribution in [2.45, 2.75) is 33.2 Å². The van der Waals surface area contributed by atoms with E-state index in [1.54, 1.807) is 4.90 Å². The number of hydrogen-bond acceptors (Lipinski definition) is 3. The first-order valence-electron chi connectivity index (χ1n) is 6.69. The van der Waals surface area contributed by atoms with Crippen molar-refractivity contribution in [3.63, 3.8) is 0 Å². The summed E-state index contributed by atoms with van der Waals surface area (Å²) in [6.45, 7) is 9.45. The van der Waals surface area contributed by atoms with Crippen LogP contribution in [0.15, 0.2) is 0 Å². The molecule has 1 fully saturated rings. The molecule has 3 amide bonds. The van der Waals surface area contributed by atoms with Gasteiger partial charge in [-0.3, -0.25) is 4.79 Å². The normalized spacial score (nSPS) is 20.6. The fourth-order valence-corrected chi connectivity index (χ4v) is 2.92. The molecule has 0 aromatic carbocycles. The Balaban J connectivity index is 2.36. The van der Waals surface area contributed by atoms with E-state index >= 15 is 0 Å². The molecule has 0 aromatic heterocycles. The molecule has 110 valence electrons. The fraction of sp³-hybridized carbons (Fsp3) is 0.846. The van der Waals surface area contributed by atoms with Gasteiger partial charge in [0.2, 0.25) is 5.91 Å². The molecule has 1 atom stereocenters. The maximum absolute atomic E-state index is 12.0. The Morgan fingerprint density at radius 1 is 1.37 bits per heavy atom. The number of amides is 3. The number of hydrogen-bond donors (Lipinski definition) is 2. The third-order valence-corrected chi connectivity index (χ3v) is 3.92. The molecule has 2 N–H and O–H groups in total. The Kier molecular flexibility index (Phi) is 5.97. The molecule has 19 heavy (non-hydrogen) atoms. The lowest BCUT2D eigenvalue weighted by Gasteiger charge is -2.24. The molecule has 0 aliphatic carbocycles. The highest BCUT2D eigenvalue weighted by Gasteiger charge is 2.20. The molecule has 5 nitrogen and oxygen atoms in total. The van der Waals surface area contributed by atoms with Crippen molar-refractivity contribution < 1.29 is 9.59 Å². The summed E-state index contributed by atoms with van der Waals surface area (Å²) in [6, 6.07) is -0.140. The molecule has 1 rings (SSSR count). The minimum Gasteiger partial charge on any atom is -0.350 e. The van der Waals surface area contributed by atoms with Crippen LogP contribution in [0.1, 0.15) is 27.7 Å². The first kappa shape index (κ1) is 16.1. The number of nitrogens with one attached hydrogen (secondary N) is 2. The quantitative estimate of drug-likeness (QED) is 0.804. The summed E-state index contributed by atoms with van der Waals surface area (Å²) in [5.41, 5.74) is -0.268. The molecule has 0 aromatic rings. The lowest BCUT2D eigenvalue weighted by atomic mass is 10.1. The first-order valence-corrected chi connectivity index (χ1v) is 7.85. The summed E-state index contributed by atoms with van der Waals surface area (Å²) >= 11 is 1.88. The molecular formula is C13H25N3O2S. The highest BCUT2D eigenvalue weighted by atomic mass is 32.2. The average Bonchev–Trinajstić information content (AvgIpc) is 2.48. The Morgan fingerprint density at radius 2 is 2.05 bits per heavy atom. The van der Waals surface area contributed by atoms with Gasteiger partial charge in [0.15, 0.2) is 0 Å². The van der Waals surface area contributed by atoms with E-state index in [1.165, 1.54) is 0 Å². The van der Waals surface area contributed by atoms with Crippen molar-refractivity contribution in [1.29, 1.82) is 0 Å². The minimum atomic E-state index is -0.268. The predicted molar refractivity (Wildman–Crippen MR) is 79.4 cm³/mol. The van der Waals surface area contributed by atoms with Gasteiger partial charge in [-0.1, -0.05) is 6.92 Å². The minimum absolute atomic E-state index is 0.0358. The third-order valence-electron chi connectivity index (χ3n) is 2.64. The van der Waals surface area contributed by atoms with E-state index in [9.17, 15) is 9.59 Å². The molecule has 0 radical (unpaired) electrons. The van der Waals surface area contributed by atoms with Gasteiger partial charge in [0.1, 0.15) is 0 Å². The lowest BCUT2D eigenvalue weighted by molar-refractivity contribution is -0.121. The summed E-state index contributed by atoms with van der Waals surface area (Å²) in [4.78, 5) is 25.4. The smallest absolute Gasteiger partial charge is 0.317 e. The van der Waals surface area contributed by atoms with Crippen LogP contribution >= 0.6 is 11.8 Å². The van der Waals surface area contributed by atoms with Gasteiger partial charge >= 0.3 is 6.03 Å². The molecule has 0 spiro atoms. The van der Waals surface area contributed by atoms with Crippen molar-refractivity contribution in [2.75, 3.05) is 31.1 Å². The van der Waals surface area contributed by atoms with E-state index in [-0.39, 0.29) is 24.0 Å². The van der Waals surface area contributed by atoms with Crippen LogP contribution in [-0.4, -0.2) is 53.5 Å². The molecule has 0 saturated carbocycles. The van der Waals surface area contributed by atoms with Crippen LogP contribution in [-0.2, 0) is 4.79 Å². The molecule has 1 unspecified atom stereocenters. The van der Waals surface area contributed by atoms with Gasteiger partial charge in [0.25, 0.3) is 0 Å². The third kappa shape index (κ3) is 6.71. The zero-order valence-electron chi connectivity index (χ0n) is 12.3. The molecule has 0 bridgehead atoms. The average molecular weight is 287 g/mol. The standard InChI is InChI=1S/C13H25N3O2S/c1-10-8-16(5-6-19-9-10)12(18)14-7-11(17)15-13(2,3)4/h10H,5-9H2,1-4H3,(H,14,18)(H,15,17). The summed E-state index contributed by atoms with van der Waals surface area (Å²) in [5.74, 6) is 2.40. The van der Waals surface area contributed by atoms with Crippen LogP contribution in [0.25, 0.3) is 0 Å². The zero-order valence-corrected chi connectivity index (χ0v) is 13.1. The maximum atomic E-state index is 12.0. The van der Waals surface area contributed by atoms with Crippen LogP contribution < -0.4 is 10.6 Å². The second-order valence-corrected chi connectivity index (χ2v) is 7.23. The van der Waals surface area contributed by atoms with Gasteiger partial charge in [-0.25, -0.2) is 4.79 Å². The Hall–Kier alpha value is -0.910. The summed E-state index contributed by atoms with van der Waals surface area (Å²) < 4.78 is 0. The molecule has 1 heterocycles. The number of rotatable bonds is 2. The van der Waals surface area contributed by atoms with E-state index in [0.29, 0.717) is 5.92 Å². The van der Waals surface area contributed by atoms with Gasteiger partial charge < -0.3 is 15.5 Å². The van der Waals surface area contributed by atoms with E-state index in [1.807, 2.05) is 32.5 Å². The van der Waals surface area contributed by atoms with Crippen molar-refractivity contribution in [1.82, 2.24) is 15.5 Å². The molecule has 6 heteroatoms. The highest BCUT2D eigenvalue weighted by molar-refractivity contribution is 7.99. The van der Waals surface area contributed by atoms with Crippen molar-refractivity contribution in [3.05, 3.63) is 0 Å². The molecular weight excluding hydrogens is 262 g/mol. The van der Waals surface area contributed by atoms with Crippen LogP contribution in [0.4, 0.5) is 4.79 Å². The maximum Gasteiger partial charge on any atom is 0.317 e. The van der Waals surface area contributed by atoms with Gasteiger partial charge in [0.05, 0.1) is 6.54 Å². The number of thioether (sulfide) groups is 1. The van der Waals surface area contributed by atoms with Crippen molar-refractivity contribution in [2.24, 2.45) is 5.92 Å². The summed E-state index contributed by atoms with van der Waals surface area (Å²) in [5, 5.41) is 5.51. The lowest BCUT2D eigenvalue weighted by Crippen LogP contribution is -2.49. The van der Waals surface area contributed by atoms with Crippen LogP contribution in [0.3, 0.4) is 0 Å². The van der Waals surface area contributed by atoms with Crippen LogP contribution in [0, 0.1) is 5.92 Å². The second kappa shape index (κ2) is 7.03. The molecule has 1 aliphatic heterocycles. The van der Waals surface area contributed by atoms with E-state index < -0.39 is 0 Å². The topological polar surface area (TPSA) is 61.4 Å². The predicted octanol–water partition coefficient (Wildman–Crippen LogP) is 1.30. The Bertz CT molecular complexity index is 328. The monoisotopic (exact) mass is 287 g/mol. The van der Waals surface area contributed by atoms with Crippen LogP contribution in [0.5, 0.6) is 0 Å². The van der Waals surface area contributed by atoms with Gasteiger partial charge in [-0.2, -0.15) is 11.8 Å². The van der Waals surface area contributed by atoms with Gasteiger partial charge in [0, 0.05) is 24.4 Å². The number of carbonyl (C=O) groups is 2. The Labute approximate surface area is 119 Å². The number of nitrogens with zero attached hydrogens (tertiary/aromatic N) is 1. The highest BCUT2D eigenvalue weighted by Crippen LogP contribution is 2.15. The molecule has 1 aliphatic rings. The van der Waals surface area contributed by atoms with E-state index in [0.717, 1.165) is 24.6 Å². The SMILES string of the molecule is CC1CSCCN(C(=O)NCC(=O)NC(C)(C)C)C1. The molecule has 1 saturated heterocycles. The number of carbonyl (C=O) groups excluding carboxylic acids is 2. The first-order chi connectivity index (χ1) is 8.78. The largest absolute Gasteiger partial charge is 0.350 e. The second-order valence-electron chi connectivity index (χ2n) is 6.08. The summed E-state index contributed by atoms with van der Waals surface area (Å²) in [6.07, 6.45) is 0. The van der Waals surface area contributed by atoms with E-state index in [2.05, 4.69) is 17.6 Å². The van der Waals surface area contributed by atoms with E-state index in [4.69, 9.17) is 0 Å². The number of urea groups is 1. The van der Waals surface area contributed by atoms with Gasteiger partial charge in [-0.15, -0.1) is 0 Å². The van der Waals surface area contributed by atoms with Crippen molar-refractivity contribution in [3.8, 4) is 0 Å².